The van der Waals surface area contributed by atoms with Crippen LogP contribution in [0.1, 0.15) is 32.6 Å². The number of rotatable bonds is 7. The molecule has 1 saturated heterocycles. The highest BCUT2D eigenvalue weighted by molar-refractivity contribution is 6.30. The molecule has 0 spiro atoms. The van der Waals surface area contributed by atoms with Crippen LogP contribution in [0.5, 0.6) is 0 Å². The molecule has 8 nitrogen and oxygen atoms in total. The van der Waals surface area contributed by atoms with E-state index < -0.39 is 0 Å². The Balaban J connectivity index is 1.60. The van der Waals surface area contributed by atoms with Gasteiger partial charge in [0.25, 0.3) is 0 Å². The van der Waals surface area contributed by atoms with Crippen LogP contribution in [0.15, 0.2) is 33.8 Å². The Morgan fingerprint density at radius 1 is 1.43 bits per heavy atom. The predicted molar refractivity (Wildman–Crippen MR) is 115 cm³/mol. The number of carbonyl (C=O) groups is 1. The fourth-order valence-corrected chi connectivity index (χ4v) is 3.60. The van der Waals surface area contributed by atoms with Crippen LogP contribution in [0.4, 0.5) is 0 Å². The van der Waals surface area contributed by atoms with Crippen LogP contribution in [-0.4, -0.2) is 59.8 Å². The molecule has 30 heavy (non-hydrogen) atoms. The zero-order chi connectivity index (χ0) is 21.3. The topological polar surface area (TPSA) is 92.9 Å². The van der Waals surface area contributed by atoms with Crippen LogP contribution in [0.2, 0.25) is 5.02 Å². The summed E-state index contributed by atoms with van der Waals surface area (Å²) in [6.45, 7) is 6.99. The van der Waals surface area contributed by atoms with E-state index in [1.807, 2.05) is 26.0 Å². The Kier molecular flexibility index (Phi) is 8.07. The lowest BCUT2D eigenvalue weighted by Crippen LogP contribution is -2.48. The summed E-state index contributed by atoms with van der Waals surface area (Å²) >= 11 is 6.03. The highest BCUT2D eigenvalue weighted by atomic mass is 35.5. The van der Waals surface area contributed by atoms with Gasteiger partial charge in [-0.15, -0.1) is 0 Å². The molecule has 2 aromatic rings. The molecule has 0 amide bonds. The van der Waals surface area contributed by atoms with Gasteiger partial charge >= 0.3 is 5.97 Å². The van der Waals surface area contributed by atoms with Crippen molar-refractivity contribution in [3.05, 3.63) is 35.2 Å². The van der Waals surface area contributed by atoms with Crippen molar-refractivity contribution < 1.29 is 14.1 Å². The summed E-state index contributed by atoms with van der Waals surface area (Å²) in [5.74, 6) is 1.58. The van der Waals surface area contributed by atoms with Crippen molar-refractivity contribution in [1.82, 2.24) is 20.4 Å². The van der Waals surface area contributed by atoms with E-state index in [4.69, 9.17) is 25.9 Å². The number of nitrogens with zero attached hydrogens (tertiary/aromatic N) is 4. The van der Waals surface area contributed by atoms with Gasteiger partial charge in [-0.1, -0.05) is 28.9 Å². The first-order valence-corrected chi connectivity index (χ1v) is 10.8. The van der Waals surface area contributed by atoms with Gasteiger partial charge in [-0.05, 0) is 38.8 Å². The number of nitrogens with one attached hydrogen (secondary N) is 1. The normalized spacial score (nSPS) is 17.1. The lowest BCUT2D eigenvalue weighted by Gasteiger charge is -2.34. The largest absolute Gasteiger partial charge is 0.466 e. The Bertz CT molecular complexity index is 870. The van der Waals surface area contributed by atoms with Gasteiger partial charge in [0, 0.05) is 36.6 Å². The van der Waals surface area contributed by atoms with Crippen molar-refractivity contribution in [1.29, 1.82) is 0 Å². The van der Waals surface area contributed by atoms with Crippen molar-refractivity contribution in [2.75, 3.05) is 32.8 Å². The summed E-state index contributed by atoms with van der Waals surface area (Å²) in [6.07, 6.45) is 2.31. The summed E-state index contributed by atoms with van der Waals surface area (Å²) in [5, 5.41) is 7.96. The lowest BCUT2D eigenvalue weighted by molar-refractivity contribution is -0.149. The van der Waals surface area contributed by atoms with Crippen LogP contribution >= 0.6 is 11.6 Å². The van der Waals surface area contributed by atoms with Gasteiger partial charge < -0.3 is 19.5 Å². The Labute approximate surface area is 181 Å². The Morgan fingerprint density at radius 2 is 2.30 bits per heavy atom. The summed E-state index contributed by atoms with van der Waals surface area (Å²) in [7, 11) is 0. The minimum Gasteiger partial charge on any atom is -0.466 e. The predicted octanol–water partition coefficient (Wildman–Crippen LogP) is 3.17. The van der Waals surface area contributed by atoms with Crippen LogP contribution in [0.3, 0.4) is 0 Å². The molecule has 162 valence electrons. The molecule has 0 bridgehead atoms. The fraction of sp³-hybridized carbons (Fsp3) is 0.524. The van der Waals surface area contributed by atoms with Gasteiger partial charge in [0.05, 0.1) is 19.1 Å². The number of halogens is 1. The number of ether oxygens (including phenoxy) is 1. The van der Waals surface area contributed by atoms with Crippen LogP contribution in [-0.2, 0) is 16.0 Å². The van der Waals surface area contributed by atoms with E-state index in [2.05, 4.69) is 20.4 Å². The number of aromatic nitrogens is 2. The lowest BCUT2D eigenvalue weighted by atomic mass is 9.98. The van der Waals surface area contributed by atoms with Gasteiger partial charge in [-0.3, -0.25) is 9.79 Å². The van der Waals surface area contributed by atoms with Crippen LogP contribution in [0, 0.1) is 5.92 Å². The molecule has 9 heteroatoms. The highest BCUT2D eigenvalue weighted by Crippen LogP contribution is 2.20. The minimum atomic E-state index is -0.127. The molecule has 3 rings (SSSR count). The van der Waals surface area contributed by atoms with Crippen LogP contribution in [0.25, 0.3) is 11.4 Å². The number of benzene rings is 1. The molecule has 1 aliphatic rings. The molecule has 1 aliphatic heterocycles. The van der Waals surface area contributed by atoms with Crippen molar-refractivity contribution in [2.24, 2.45) is 10.9 Å². The molecular weight excluding hydrogens is 406 g/mol. The second-order valence-corrected chi connectivity index (χ2v) is 7.48. The minimum absolute atomic E-state index is 0.112. The zero-order valence-corrected chi connectivity index (χ0v) is 18.2. The number of piperidine rings is 1. The van der Waals surface area contributed by atoms with E-state index in [0.29, 0.717) is 42.9 Å². The number of carbonyl (C=O) groups excluding carboxylic acids is 1. The first-order chi connectivity index (χ1) is 14.6. The van der Waals surface area contributed by atoms with Gasteiger partial charge in [0.2, 0.25) is 11.7 Å². The standard InChI is InChI=1S/C21H28ClN5O3/c1-3-23-21(27-12-6-8-16(14-27)20(28)29-4-2)24-11-10-18-25-19(26-30-18)15-7-5-9-17(22)13-15/h5,7,9,13,16H,3-4,6,8,10-12,14H2,1-2H3,(H,23,24). The van der Waals surface area contributed by atoms with E-state index in [-0.39, 0.29) is 11.9 Å². The number of guanidine groups is 1. The zero-order valence-electron chi connectivity index (χ0n) is 17.4. The van der Waals surface area contributed by atoms with Crippen LogP contribution < -0.4 is 5.32 Å². The molecule has 1 aromatic heterocycles. The molecule has 0 saturated carbocycles. The first-order valence-electron chi connectivity index (χ1n) is 10.4. The molecule has 1 atom stereocenters. The summed E-state index contributed by atoms with van der Waals surface area (Å²) in [6, 6.07) is 7.34. The van der Waals surface area contributed by atoms with E-state index in [1.54, 1.807) is 12.1 Å². The SMILES string of the molecule is CCNC(=NCCc1nc(-c2cccc(Cl)c2)no1)N1CCCC(C(=O)OCC)C1. The summed E-state index contributed by atoms with van der Waals surface area (Å²) in [5.41, 5.74) is 0.813. The van der Waals surface area contributed by atoms with E-state index in [1.165, 1.54) is 0 Å². The number of hydrogen-bond acceptors (Lipinski definition) is 6. The number of aliphatic imine (C=N–C) groups is 1. The summed E-state index contributed by atoms with van der Waals surface area (Å²) < 4.78 is 10.5. The van der Waals surface area contributed by atoms with E-state index in [9.17, 15) is 4.79 Å². The second-order valence-electron chi connectivity index (χ2n) is 7.04. The summed E-state index contributed by atoms with van der Waals surface area (Å²) in [4.78, 5) is 23.4. The highest BCUT2D eigenvalue weighted by Gasteiger charge is 2.28. The van der Waals surface area contributed by atoms with Gasteiger partial charge in [0.1, 0.15) is 0 Å². The molecule has 0 aliphatic carbocycles. The maximum Gasteiger partial charge on any atom is 0.310 e. The van der Waals surface area contributed by atoms with Gasteiger partial charge in [-0.25, -0.2) is 0 Å². The van der Waals surface area contributed by atoms with Gasteiger partial charge in [0.15, 0.2) is 5.96 Å². The Hall–Kier alpha value is -2.61. The number of esters is 1. The third kappa shape index (κ3) is 5.95. The quantitative estimate of drug-likeness (QED) is 0.407. The smallest absolute Gasteiger partial charge is 0.310 e. The number of likely N-dealkylation sites (tertiary alicyclic amines) is 1. The maximum atomic E-state index is 12.1. The number of hydrogen-bond donors (Lipinski definition) is 1. The van der Waals surface area contributed by atoms with E-state index >= 15 is 0 Å². The third-order valence-corrected chi connectivity index (χ3v) is 5.05. The van der Waals surface area contributed by atoms with Crippen molar-refractivity contribution in [2.45, 2.75) is 33.1 Å². The molecular formula is C21H28ClN5O3. The molecule has 1 fully saturated rings. The monoisotopic (exact) mass is 433 g/mol. The third-order valence-electron chi connectivity index (χ3n) is 4.81. The van der Waals surface area contributed by atoms with Crippen molar-refractivity contribution >= 4 is 23.5 Å². The average molecular weight is 434 g/mol. The van der Waals surface area contributed by atoms with Crippen molar-refractivity contribution in [3.8, 4) is 11.4 Å². The van der Waals surface area contributed by atoms with Gasteiger partial charge in [-0.2, -0.15) is 4.98 Å². The molecule has 1 unspecified atom stereocenters. The van der Waals surface area contributed by atoms with E-state index in [0.717, 1.165) is 37.5 Å². The average Bonchev–Trinajstić information content (AvgIpc) is 3.22. The molecule has 1 aromatic carbocycles. The van der Waals surface area contributed by atoms with Crippen molar-refractivity contribution in [3.63, 3.8) is 0 Å². The second kappa shape index (κ2) is 11.0. The first kappa shape index (κ1) is 22.1. The maximum absolute atomic E-state index is 12.1. The molecule has 2 heterocycles. The fourth-order valence-electron chi connectivity index (χ4n) is 3.41. The Morgan fingerprint density at radius 3 is 3.07 bits per heavy atom. The molecule has 0 radical (unpaired) electrons. The molecule has 1 N–H and O–H groups in total.